The highest BCUT2D eigenvalue weighted by Gasteiger charge is 2.21. The lowest BCUT2D eigenvalue weighted by Gasteiger charge is -2.11. The molecule has 1 aromatic rings. The van der Waals surface area contributed by atoms with Crippen LogP contribution in [0.3, 0.4) is 0 Å². The number of methoxy groups -OCH3 is 1. The van der Waals surface area contributed by atoms with Gasteiger partial charge >= 0.3 is 5.97 Å². The molecule has 22 heavy (non-hydrogen) atoms. The van der Waals surface area contributed by atoms with Crippen molar-refractivity contribution in [2.75, 3.05) is 13.7 Å². The molecule has 0 fully saturated rings. The van der Waals surface area contributed by atoms with Crippen LogP contribution in [-0.2, 0) is 14.3 Å². The fraction of sp³-hybridized carbons (Fsp3) is 0.286. The minimum Gasteiger partial charge on any atom is -0.496 e. The summed E-state index contributed by atoms with van der Waals surface area (Å²) < 4.78 is 23.0. The van der Waals surface area contributed by atoms with Gasteiger partial charge in [-0.1, -0.05) is 0 Å². The van der Waals surface area contributed by atoms with Gasteiger partial charge in [0.25, 0.3) is 0 Å². The van der Waals surface area contributed by atoms with E-state index in [9.17, 15) is 18.8 Å². The summed E-state index contributed by atoms with van der Waals surface area (Å²) in [6.07, 6.45) is 0.266. The van der Waals surface area contributed by atoms with Crippen LogP contribution in [0.5, 0.6) is 5.75 Å². The van der Waals surface area contributed by atoms with Crippen molar-refractivity contribution in [1.29, 1.82) is 0 Å². The fourth-order valence-electron chi connectivity index (χ4n) is 1.81. The molecule has 7 nitrogen and oxygen atoms in total. The van der Waals surface area contributed by atoms with Crippen LogP contribution < -0.4 is 10.2 Å². The second kappa shape index (κ2) is 6.79. The number of hydrogen-bond donors (Lipinski definition) is 1. The number of nitrogens with zero attached hydrogens (tertiary/aromatic N) is 1. The average molecular weight is 308 g/mol. The minimum absolute atomic E-state index is 0.0193. The second-order valence-corrected chi connectivity index (χ2v) is 4.44. The van der Waals surface area contributed by atoms with Gasteiger partial charge in [-0.3, -0.25) is 9.59 Å². The summed E-state index contributed by atoms with van der Waals surface area (Å²) in [5.41, 5.74) is 2.16. The lowest BCUT2D eigenvalue weighted by Crippen LogP contribution is -2.31. The van der Waals surface area contributed by atoms with E-state index in [-0.39, 0.29) is 35.8 Å². The molecule has 0 saturated heterocycles. The zero-order chi connectivity index (χ0) is 16.1. The molecular formula is C14H13FN2O5. The molecule has 1 aliphatic heterocycles. The smallest absolute Gasteiger partial charge is 0.354 e. The first kappa shape index (κ1) is 15.6. The molecule has 2 rings (SSSR count). The Morgan fingerprint density at radius 2 is 2.14 bits per heavy atom. The Morgan fingerprint density at radius 3 is 2.77 bits per heavy atom. The summed E-state index contributed by atoms with van der Waals surface area (Å²) in [4.78, 5) is 34.6. The summed E-state index contributed by atoms with van der Waals surface area (Å²) in [6.45, 7) is -0.578. The van der Waals surface area contributed by atoms with Crippen LogP contribution >= 0.6 is 0 Å². The van der Waals surface area contributed by atoms with Crippen LogP contribution in [0, 0.1) is 5.82 Å². The van der Waals surface area contributed by atoms with E-state index in [1.807, 2.05) is 0 Å². The summed E-state index contributed by atoms with van der Waals surface area (Å²) >= 11 is 0. The van der Waals surface area contributed by atoms with Crippen molar-refractivity contribution in [2.45, 2.75) is 12.8 Å². The molecule has 1 N–H and O–H groups in total. The van der Waals surface area contributed by atoms with Crippen molar-refractivity contribution in [3.8, 4) is 5.75 Å². The van der Waals surface area contributed by atoms with E-state index in [0.717, 1.165) is 12.1 Å². The van der Waals surface area contributed by atoms with Crippen molar-refractivity contribution in [3.63, 3.8) is 0 Å². The number of carbonyl (C=O) groups excluding carboxylic acids is 3. The van der Waals surface area contributed by atoms with Crippen LogP contribution in [0.4, 0.5) is 4.39 Å². The average Bonchev–Trinajstić information content (AvgIpc) is 2.53. The second-order valence-electron chi connectivity index (χ2n) is 4.44. The summed E-state index contributed by atoms with van der Waals surface area (Å²) in [7, 11) is 1.34. The van der Waals surface area contributed by atoms with Crippen molar-refractivity contribution in [1.82, 2.24) is 5.43 Å². The normalized spacial score (nSPS) is 13.9. The maximum atomic E-state index is 13.2. The van der Waals surface area contributed by atoms with E-state index in [0.29, 0.717) is 0 Å². The van der Waals surface area contributed by atoms with Gasteiger partial charge < -0.3 is 9.47 Å². The van der Waals surface area contributed by atoms with Gasteiger partial charge in [-0.25, -0.2) is 14.6 Å². The Balaban J connectivity index is 2.00. The molecular weight excluding hydrogens is 295 g/mol. The molecule has 116 valence electrons. The minimum atomic E-state index is -0.802. The third-order valence-electron chi connectivity index (χ3n) is 2.94. The number of Topliss-reactive ketones (excluding diaryl/α,β-unsaturated/α-hetero) is 1. The van der Waals surface area contributed by atoms with Crippen molar-refractivity contribution in [3.05, 3.63) is 29.6 Å². The van der Waals surface area contributed by atoms with E-state index < -0.39 is 24.2 Å². The van der Waals surface area contributed by atoms with Gasteiger partial charge in [0.05, 0.1) is 12.7 Å². The van der Waals surface area contributed by atoms with Gasteiger partial charge in [-0.15, -0.1) is 0 Å². The molecule has 1 heterocycles. The van der Waals surface area contributed by atoms with E-state index >= 15 is 0 Å². The van der Waals surface area contributed by atoms with E-state index in [4.69, 9.17) is 9.47 Å². The van der Waals surface area contributed by atoms with E-state index in [1.54, 1.807) is 0 Å². The van der Waals surface area contributed by atoms with Crippen LogP contribution in [-0.4, -0.2) is 37.1 Å². The number of halogens is 1. The lowest BCUT2D eigenvalue weighted by molar-refractivity contribution is -0.134. The maximum Gasteiger partial charge on any atom is 0.354 e. The predicted octanol–water partition coefficient (Wildman–Crippen LogP) is 0.826. The number of carbonyl (C=O) groups is 3. The summed E-state index contributed by atoms with van der Waals surface area (Å²) in [5.74, 6) is -2.12. The number of ether oxygens (including phenoxy) is 2. The van der Waals surface area contributed by atoms with E-state index in [1.165, 1.54) is 13.2 Å². The highest BCUT2D eigenvalue weighted by Crippen LogP contribution is 2.20. The summed E-state index contributed by atoms with van der Waals surface area (Å²) in [5, 5.41) is 3.56. The molecule has 1 aromatic carbocycles. The Labute approximate surface area is 125 Å². The molecule has 0 aliphatic carbocycles. The summed E-state index contributed by atoms with van der Waals surface area (Å²) in [6, 6.07) is 3.47. The third-order valence-corrected chi connectivity index (χ3v) is 2.94. The Bertz CT molecular complexity index is 657. The molecule has 0 aromatic heterocycles. The Kier molecular flexibility index (Phi) is 4.82. The zero-order valence-corrected chi connectivity index (χ0v) is 11.7. The number of ketones is 1. The molecule has 0 bridgehead atoms. The lowest BCUT2D eigenvalue weighted by atomic mass is 10.1. The highest BCUT2D eigenvalue weighted by atomic mass is 19.1. The van der Waals surface area contributed by atoms with Gasteiger partial charge in [0.15, 0.2) is 6.61 Å². The van der Waals surface area contributed by atoms with Gasteiger partial charge in [0, 0.05) is 12.8 Å². The van der Waals surface area contributed by atoms with Crippen molar-refractivity contribution < 1.29 is 28.2 Å². The van der Waals surface area contributed by atoms with Crippen molar-refractivity contribution in [2.24, 2.45) is 5.10 Å². The quantitative estimate of drug-likeness (QED) is 0.642. The number of hydrazone groups is 1. The first-order valence-corrected chi connectivity index (χ1v) is 6.40. The largest absolute Gasteiger partial charge is 0.496 e. The third kappa shape index (κ3) is 3.66. The molecule has 1 aliphatic rings. The highest BCUT2D eigenvalue weighted by molar-refractivity contribution is 6.37. The van der Waals surface area contributed by atoms with Gasteiger partial charge in [-0.2, -0.15) is 5.10 Å². The van der Waals surface area contributed by atoms with E-state index in [2.05, 4.69) is 10.5 Å². The number of benzene rings is 1. The zero-order valence-electron chi connectivity index (χ0n) is 11.7. The number of nitrogens with one attached hydrogen (secondary N) is 1. The molecule has 1 amide bonds. The number of hydrogen-bond acceptors (Lipinski definition) is 6. The molecule has 0 spiro atoms. The Hall–Kier alpha value is -2.77. The predicted molar refractivity (Wildman–Crippen MR) is 73.1 cm³/mol. The SMILES string of the molecule is COc1ccc(F)cc1C(=O)COC(=O)C1=NNC(=O)CC1. The maximum absolute atomic E-state index is 13.2. The standard InChI is InChI=1S/C14H13FN2O5/c1-21-12-4-2-8(15)6-9(12)11(18)7-22-14(20)10-3-5-13(19)17-16-10/h2,4,6H,3,5,7H2,1H3,(H,17,19). The number of rotatable bonds is 5. The first-order chi connectivity index (χ1) is 10.5. The molecule has 0 saturated carbocycles. The van der Waals surface area contributed by atoms with Gasteiger partial charge in [-0.05, 0) is 18.2 Å². The van der Waals surface area contributed by atoms with Gasteiger partial charge in [0.1, 0.15) is 17.3 Å². The van der Waals surface area contributed by atoms with Crippen LogP contribution in [0.25, 0.3) is 0 Å². The molecule has 0 unspecified atom stereocenters. The van der Waals surface area contributed by atoms with Crippen LogP contribution in [0.2, 0.25) is 0 Å². The van der Waals surface area contributed by atoms with Crippen LogP contribution in [0.1, 0.15) is 23.2 Å². The molecule has 0 atom stereocenters. The number of esters is 1. The topological polar surface area (TPSA) is 94.1 Å². The monoisotopic (exact) mass is 308 g/mol. The fourth-order valence-corrected chi connectivity index (χ4v) is 1.81. The molecule has 8 heteroatoms. The van der Waals surface area contributed by atoms with Crippen LogP contribution in [0.15, 0.2) is 23.3 Å². The van der Waals surface area contributed by atoms with Gasteiger partial charge in [0.2, 0.25) is 11.7 Å². The first-order valence-electron chi connectivity index (χ1n) is 6.40. The molecule has 0 radical (unpaired) electrons. The van der Waals surface area contributed by atoms with Crippen molar-refractivity contribution >= 4 is 23.4 Å². The number of amides is 1. The Morgan fingerprint density at radius 1 is 1.36 bits per heavy atom.